The van der Waals surface area contributed by atoms with Crippen LogP contribution in [0.25, 0.3) is 11.0 Å². The van der Waals surface area contributed by atoms with Crippen molar-refractivity contribution in [1.29, 1.82) is 0 Å². The highest BCUT2D eigenvalue weighted by atomic mass is 19.1. The largest absolute Gasteiger partial charge is 0.365 e. The van der Waals surface area contributed by atoms with Crippen LogP contribution in [0.2, 0.25) is 0 Å². The molecule has 6 nitrogen and oxygen atoms in total. The number of hydrogen-bond donors (Lipinski definition) is 2. The van der Waals surface area contributed by atoms with Crippen LogP contribution in [0.4, 0.5) is 4.39 Å². The van der Waals surface area contributed by atoms with Crippen molar-refractivity contribution < 1.29 is 14.0 Å². The predicted molar refractivity (Wildman–Crippen MR) is 78.5 cm³/mol. The topological polar surface area (TPSA) is 92.1 Å². The van der Waals surface area contributed by atoms with E-state index in [4.69, 9.17) is 5.73 Å². The average Bonchev–Trinajstić information content (AvgIpc) is 2.90. The number of carbonyl (C=O) groups excluding carboxylic acids is 2. The minimum atomic E-state index is -0.854. The quantitative estimate of drug-likeness (QED) is 0.887. The number of aromatic nitrogens is 2. The maximum atomic E-state index is 13.8. The van der Waals surface area contributed by atoms with Gasteiger partial charge in [-0.3, -0.25) is 9.59 Å². The molecule has 0 saturated carbocycles. The second-order valence-corrected chi connectivity index (χ2v) is 5.53. The zero-order chi connectivity index (χ0) is 15.9. The first-order chi connectivity index (χ1) is 10.5. The van der Waals surface area contributed by atoms with Crippen molar-refractivity contribution in [2.75, 3.05) is 6.54 Å². The van der Waals surface area contributed by atoms with Gasteiger partial charge in [-0.25, -0.2) is 9.37 Å². The Bertz CT molecular complexity index is 755. The van der Waals surface area contributed by atoms with Gasteiger partial charge in [-0.15, -0.1) is 0 Å². The number of imidazole rings is 1. The van der Waals surface area contributed by atoms with Crippen LogP contribution in [0.3, 0.4) is 0 Å². The summed E-state index contributed by atoms with van der Waals surface area (Å²) in [6.07, 6.45) is 2.73. The van der Waals surface area contributed by atoms with E-state index in [1.54, 1.807) is 4.90 Å². The molecule has 2 heterocycles. The zero-order valence-electron chi connectivity index (χ0n) is 12.2. The van der Waals surface area contributed by atoms with Crippen molar-refractivity contribution in [1.82, 2.24) is 14.9 Å². The van der Waals surface area contributed by atoms with E-state index >= 15 is 0 Å². The number of nitrogens with two attached hydrogens (primary N) is 1. The van der Waals surface area contributed by atoms with E-state index in [0.29, 0.717) is 17.9 Å². The van der Waals surface area contributed by atoms with E-state index in [-0.39, 0.29) is 23.0 Å². The van der Waals surface area contributed by atoms with Gasteiger partial charge in [0.25, 0.3) is 5.91 Å². The molecule has 0 bridgehead atoms. The molecule has 1 saturated heterocycles. The Balaban J connectivity index is 2.10. The summed E-state index contributed by atoms with van der Waals surface area (Å²) in [5.41, 5.74) is 5.79. The van der Waals surface area contributed by atoms with Gasteiger partial charge in [0.05, 0.1) is 11.6 Å². The van der Waals surface area contributed by atoms with Gasteiger partial charge in [0.15, 0.2) is 0 Å². The molecule has 3 rings (SSSR count). The first kappa shape index (κ1) is 14.5. The molecule has 1 aromatic heterocycles. The lowest BCUT2D eigenvalue weighted by Crippen LogP contribution is -2.37. The SMILES string of the molecule is CC(=O)N1CCCCC1c1nc2c(C(N)=O)c(F)ccc2[nH]1. The fourth-order valence-electron chi connectivity index (χ4n) is 3.05. The fourth-order valence-corrected chi connectivity index (χ4v) is 3.05. The van der Waals surface area contributed by atoms with Gasteiger partial charge >= 0.3 is 0 Å². The predicted octanol–water partition coefficient (Wildman–Crippen LogP) is 1.87. The molecule has 116 valence electrons. The Morgan fingerprint density at radius 1 is 1.41 bits per heavy atom. The molecule has 1 atom stereocenters. The molecule has 1 aromatic carbocycles. The maximum absolute atomic E-state index is 13.8. The summed E-state index contributed by atoms with van der Waals surface area (Å²) in [5, 5.41) is 0. The smallest absolute Gasteiger partial charge is 0.253 e. The van der Waals surface area contributed by atoms with Crippen molar-refractivity contribution in [2.45, 2.75) is 32.2 Å². The van der Waals surface area contributed by atoms with E-state index in [9.17, 15) is 14.0 Å². The number of likely N-dealkylation sites (tertiary alicyclic amines) is 1. The molecule has 0 spiro atoms. The van der Waals surface area contributed by atoms with Gasteiger partial charge in [0.2, 0.25) is 5.91 Å². The fraction of sp³-hybridized carbons (Fsp3) is 0.400. The molecule has 2 amide bonds. The lowest BCUT2D eigenvalue weighted by atomic mass is 10.0. The number of nitrogens with one attached hydrogen (secondary N) is 1. The molecule has 3 N–H and O–H groups in total. The normalized spacial score (nSPS) is 18.6. The van der Waals surface area contributed by atoms with E-state index in [1.165, 1.54) is 19.1 Å². The summed E-state index contributed by atoms with van der Waals surface area (Å²) < 4.78 is 13.8. The van der Waals surface area contributed by atoms with Crippen LogP contribution < -0.4 is 5.73 Å². The van der Waals surface area contributed by atoms with E-state index in [1.807, 2.05) is 0 Å². The first-order valence-electron chi connectivity index (χ1n) is 7.24. The minimum Gasteiger partial charge on any atom is -0.365 e. The molecule has 0 aliphatic carbocycles. The molecular formula is C15H17FN4O2. The van der Waals surface area contributed by atoms with Gasteiger partial charge in [-0.05, 0) is 31.4 Å². The second kappa shape index (κ2) is 5.40. The number of piperidine rings is 1. The Morgan fingerprint density at radius 2 is 2.18 bits per heavy atom. The number of aromatic amines is 1. The number of primary amides is 1. The summed E-state index contributed by atoms with van der Waals surface area (Å²) in [5.74, 6) is -0.997. The van der Waals surface area contributed by atoms with Crippen molar-refractivity contribution in [2.24, 2.45) is 5.73 Å². The summed E-state index contributed by atoms with van der Waals surface area (Å²) in [4.78, 5) is 32.4. The van der Waals surface area contributed by atoms with Gasteiger partial charge in [-0.2, -0.15) is 0 Å². The van der Waals surface area contributed by atoms with E-state index in [0.717, 1.165) is 19.3 Å². The third kappa shape index (κ3) is 2.32. The molecule has 1 aliphatic rings. The van der Waals surface area contributed by atoms with Crippen LogP contribution in [0, 0.1) is 5.82 Å². The highest BCUT2D eigenvalue weighted by Gasteiger charge is 2.29. The average molecular weight is 304 g/mol. The number of fused-ring (bicyclic) bond motifs is 1. The molecule has 2 aromatic rings. The van der Waals surface area contributed by atoms with Crippen molar-refractivity contribution in [3.05, 3.63) is 29.3 Å². The third-order valence-corrected chi connectivity index (χ3v) is 4.09. The summed E-state index contributed by atoms with van der Waals surface area (Å²) in [7, 11) is 0. The molecule has 0 radical (unpaired) electrons. The number of carbonyl (C=O) groups is 2. The van der Waals surface area contributed by atoms with Crippen LogP contribution in [-0.2, 0) is 4.79 Å². The van der Waals surface area contributed by atoms with Crippen LogP contribution >= 0.6 is 0 Å². The van der Waals surface area contributed by atoms with Gasteiger partial charge in [0.1, 0.15) is 22.7 Å². The van der Waals surface area contributed by atoms with Gasteiger partial charge in [0, 0.05) is 13.5 Å². The molecule has 1 fully saturated rings. The Morgan fingerprint density at radius 3 is 2.86 bits per heavy atom. The second-order valence-electron chi connectivity index (χ2n) is 5.53. The number of nitrogens with zero attached hydrogens (tertiary/aromatic N) is 2. The molecular weight excluding hydrogens is 287 g/mol. The van der Waals surface area contributed by atoms with Gasteiger partial charge in [-0.1, -0.05) is 0 Å². The van der Waals surface area contributed by atoms with Crippen molar-refractivity contribution >= 4 is 22.8 Å². The third-order valence-electron chi connectivity index (χ3n) is 4.09. The highest BCUT2D eigenvalue weighted by Crippen LogP contribution is 2.31. The van der Waals surface area contributed by atoms with Crippen LogP contribution in [0.5, 0.6) is 0 Å². The molecule has 1 aliphatic heterocycles. The minimum absolute atomic E-state index is 0.0218. The number of H-pyrrole nitrogens is 1. The van der Waals surface area contributed by atoms with Crippen molar-refractivity contribution in [3.63, 3.8) is 0 Å². The van der Waals surface area contributed by atoms with Crippen LogP contribution in [-0.4, -0.2) is 33.2 Å². The Hall–Kier alpha value is -2.44. The number of rotatable bonds is 2. The van der Waals surface area contributed by atoms with Crippen molar-refractivity contribution in [3.8, 4) is 0 Å². The summed E-state index contributed by atoms with van der Waals surface area (Å²) in [6.45, 7) is 2.20. The standard InChI is InChI=1S/C15H17FN4O2/c1-8(21)20-7-3-2-4-11(20)15-18-10-6-5-9(16)12(14(17)22)13(10)19-15/h5-6,11H,2-4,7H2,1H3,(H2,17,22)(H,18,19). The van der Waals surface area contributed by atoms with E-state index in [2.05, 4.69) is 9.97 Å². The lowest BCUT2D eigenvalue weighted by Gasteiger charge is -2.33. The highest BCUT2D eigenvalue weighted by molar-refractivity contribution is 6.04. The lowest BCUT2D eigenvalue weighted by molar-refractivity contribution is -0.132. The summed E-state index contributed by atoms with van der Waals surface area (Å²) >= 11 is 0. The first-order valence-corrected chi connectivity index (χ1v) is 7.24. The molecule has 22 heavy (non-hydrogen) atoms. The van der Waals surface area contributed by atoms with Crippen LogP contribution in [0.15, 0.2) is 12.1 Å². The van der Waals surface area contributed by atoms with Crippen LogP contribution in [0.1, 0.15) is 48.4 Å². The number of hydrogen-bond acceptors (Lipinski definition) is 3. The summed E-state index contributed by atoms with van der Waals surface area (Å²) in [6, 6.07) is 2.53. The monoisotopic (exact) mass is 304 g/mol. The number of halogens is 1. The number of benzene rings is 1. The van der Waals surface area contributed by atoms with E-state index < -0.39 is 11.7 Å². The maximum Gasteiger partial charge on any atom is 0.253 e. The molecule has 1 unspecified atom stereocenters. The Kier molecular flexibility index (Phi) is 3.56. The number of amides is 2. The Labute approximate surface area is 126 Å². The zero-order valence-corrected chi connectivity index (χ0v) is 12.2. The molecule has 7 heteroatoms. The van der Waals surface area contributed by atoms with Gasteiger partial charge < -0.3 is 15.6 Å².